The zero-order chi connectivity index (χ0) is 12.7. The third-order valence-electron chi connectivity index (χ3n) is 2.31. The van der Waals surface area contributed by atoms with E-state index >= 15 is 0 Å². The van der Waals surface area contributed by atoms with Crippen molar-refractivity contribution in [3.63, 3.8) is 0 Å². The average Bonchev–Trinajstić information content (AvgIpc) is 2.36. The quantitative estimate of drug-likeness (QED) is 0.800. The minimum atomic E-state index is -0.327. The number of nitrogens with zero attached hydrogens (tertiary/aromatic N) is 1. The highest BCUT2D eigenvalue weighted by Crippen LogP contribution is 2.02. The minimum Gasteiger partial charge on any atom is -0.346 e. The van der Waals surface area contributed by atoms with Gasteiger partial charge in [-0.25, -0.2) is 0 Å². The maximum absolute atomic E-state index is 11.6. The van der Waals surface area contributed by atoms with Gasteiger partial charge in [0.25, 0.3) is 0 Å². The Morgan fingerprint density at radius 2 is 1.89 bits per heavy atom. The summed E-state index contributed by atoms with van der Waals surface area (Å²) >= 11 is 0. The van der Waals surface area contributed by atoms with Crippen LogP contribution < -0.4 is 11.1 Å². The van der Waals surface area contributed by atoms with Crippen LogP contribution in [-0.4, -0.2) is 36.9 Å². The molecule has 2 amide bonds. The molecule has 0 radical (unpaired) electrons. The van der Waals surface area contributed by atoms with Crippen LogP contribution in [0.1, 0.15) is 5.56 Å². The van der Waals surface area contributed by atoms with Crippen molar-refractivity contribution in [1.29, 1.82) is 0 Å². The first kappa shape index (κ1) is 16.4. The summed E-state index contributed by atoms with van der Waals surface area (Å²) in [5.41, 5.74) is 6.17. The van der Waals surface area contributed by atoms with Crippen LogP contribution in [0, 0.1) is 0 Å². The maximum Gasteiger partial charge on any atom is 0.242 e. The van der Waals surface area contributed by atoms with E-state index in [4.69, 9.17) is 5.73 Å². The lowest BCUT2D eigenvalue weighted by molar-refractivity contribution is -0.131. The molecule has 100 valence electrons. The summed E-state index contributed by atoms with van der Waals surface area (Å²) in [4.78, 5) is 24.1. The van der Waals surface area contributed by atoms with E-state index < -0.39 is 0 Å². The summed E-state index contributed by atoms with van der Waals surface area (Å²) in [6, 6.07) is 9.66. The average molecular weight is 272 g/mol. The van der Waals surface area contributed by atoms with Crippen molar-refractivity contribution in [2.24, 2.45) is 5.73 Å². The number of benzene rings is 1. The number of amides is 2. The van der Waals surface area contributed by atoms with E-state index in [1.54, 1.807) is 11.9 Å². The Morgan fingerprint density at radius 1 is 1.28 bits per heavy atom. The van der Waals surface area contributed by atoms with Gasteiger partial charge in [0.15, 0.2) is 0 Å². The molecule has 0 aliphatic heterocycles. The number of likely N-dealkylation sites (N-methyl/N-ethyl adjacent to an activating group) is 1. The Bertz CT molecular complexity index is 384. The van der Waals surface area contributed by atoms with Gasteiger partial charge in [-0.05, 0) is 5.56 Å². The molecule has 6 heteroatoms. The van der Waals surface area contributed by atoms with Gasteiger partial charge in [-0.15, -0.1) is 12.4 Å². The third-order valence-corrected chi connectivity index (χ3v) is 2.31. The molecule has 1 aromatic rings. The molecular weight excluding hydrogens is 254 g/mol. The molecule has 1 rings (SSSR count). The first-order chi connectivity index (χ1) is 8.13. The first-order valence-electron chi connectivity index (χ1n) is 5.38. The van der Waals surface area contributed by atoms with E-state index in [0.29, 0.717) is 6.54 Å². The molecule has 0 spiro atoms. The van der Waals surface area contributed by atoms with Crippen LogP contribution in [-0.2, 0) is 16.1 Å². The number of carbonyl (C=O) groups is 2. The molecule has 0 aliphatic carbocycles. The smallest absolute Gasteiger partial charge is 0.242 e. The van der Waals surface area contributed by atoms with Gasteiger partial charge >= 0.3 is 0 Å². The molecule has 0 fully saturated rings. The van der Waals surface area contributed by atoms with Crippen molar-refractivity contribution in [2.45, 2.75) is 6.54 Å². The molecule has 0 aliphatic rings. The lowest BCUT2D eigenvalue weighted by atomic mass is 10.2. The molecule has 18 heavy (non-hydrogen) atoms. The molecular formula is C12H18ClN3O2. The van der Waals surface area contributed by atoms with Crippen molar-refractivity contribution in [2.75, 3.05) is 20.1 Å². The fraction of sp³-hybridized carbons (Fsp3) is 0.333. The summed E-state index contributed by atoms with van der Waals surface area (Å²) in [7, 11) is 1.70. The number of hydrogen-bond acceptors (Lipinski definition) is 3. The second-order valence-corrected chi connectivity index (χ2v) is 3.72. The molecule has 0 unspecified atom stereocenters. The normalized spacial score (nSPS) is 9.22. The van der Waals surface area contributed by atoms with Crippen LogP contribution in [0.5, 0.6) is 0 Å². The SMILES string of the molecule is CN(Cc1ccccc1)C(=O)CNC(=O)CN.Cl. The summed E-state index contributed by atoms with van der Waals surface area (Å²) in [5, 5.41) is 2.44. The van der Waals surface area contributed by atoms with E-state index in [1.807, 2.05) is 30.3 Å². The lowest BCUT2D eigenvalue weighted by Gasteiger charge is -2.17. The maximum atomic E-state index is 11.6. The Kier molecular flexibility index (Phi) is 7.74. The van der Waals surface area contributed by atoms with Gasteiger partial charge in [0.2, 0.25) is 11.8 Å². The molecule has 0 bridgehead atoms. The van der Waals surface area contributed by atoms with Crippen molar-refractivity contribution < 1.29 is 9.59 Å². The number of nitrogens with two attached hydrogens (primary N) is 1. The summed E-state index contributed by atoms with van der Waals surface area (Å²) in [6.45, 7) is 0.410. The van der Waals surface area contributed by atoms with Gasteiger partial charge in [0.05, 0.1) is 13.1 Å². The molecule has 0 atom stereocenters. The van der Waals surface area contributed by atoms with Gasteiger partial charge in [0.1, 0.15) is 0 Å². The molecule has 0 saturated heterocycles. The van der Waals surface area contributed by atoms with Gasteiger partial charge < -0.3 is 16.0 Å². The van der Waals surface area contributed by atoms with Gasteiger partial charge in [-0.1, -0.05) is 30.3 Å². The Labute approximate surface area is 113 Å². The van der Waals surface area contributed by atoms with Crippen molar-refractivity contribution in [3.8, 4) is 0 Å². The predicted molar refractivity (Wildman–Crippen MR) is 72.2 cm³/mol. The Hall–Kier alpha value is -1.59. The van der Waals surface area contributed by atoms with Gasteiger partial charge in [0, 0.05) is 13.6 Å². The monoisotopic (exact) mass is 271 g/mol. The van der Waals surface area contributed by atoms with E-state index in [9.17, 15) is 9.59 Å². The number of carbonyl (C=O) groups excluding carboxylic acids is 2. The highest BCUT2D eigenvalue weighted by molar-refractivity contribution is 5.85. The van der Waals surface area contributed by atoms with E-state index in [0.717, 1.165) is 5.56 Å². The fourth-order valence-corrected chi connectivity index (χ4v) is 1.33. The molecule has 1 aromatic carbocycles. The minimum absolute atomic E-state index is 0. The van der Waals surface area contributed by atoms with E-state index in [-0.39, 0.29) is 37.3 Å². The summed E-state index contributed by atoms with van der Waals surface area (Å²) < 4.78 is 0. The standard InChI is InChI=1S/C12H17N3O2.ClH/c1-15(9-10-5-3-2-4-6-10)12(17)8-14-11(16)7-13;/h2-6H,7-9,13H2,1H3,(H,14,16);1H. The van der Waals surface area contributed by atoms with Gasteiger partial charge in [-0.2, -0.15) is 0 Å². The number of hydrogen-bond donors (Lipinski definition) is 2. The van der Waals surface area contributed by atoms with Gasteiger partial charge in [-0.3, -0.25) is 9.59 Å². The second-order valence-electron chi connectivity index (χ2n) is 3.72. The van der Waals surface area contributed by atoms with Crippen LogP contribution in [0.25, 0.3) is 0 Å². The number of nitrogens with one attached hydrogen (secondary N) is 1. The molecule has 0 heterocycles. The number of rotatable bonds is 5. The third kappa shape index (κ3) is 5.65. The highest BCUT2D eigenvalue weighted by atomic mass is 35.5. The lowest BCUT2D eigenvalue weighted by Crippen LogP contribution is -2.40. The van der Waals surface area contributed by atoms with Crippen molar-refractivity contribution in [3.05, 3.63) is 35.9 Å². The first-order valence-corrected chi connectivity index (χ1v) is 5.38. The van der Waals surface area contributed by atoms with Crippen LogP contribution in [0.2, 0.25) is 0 Å². The fourth-order valence-electron chi connectivity index (χ4n) is 1.33. The van der Waals surface area contributed by atoms with E-state index in [2.05, 4.69) is 5.32 Å². The molecule has 0 aromatic heterocycles. The van der Waals surface area contributed by atoms with Crippen LogP contribution >= 0.6 is 12.4 Å². The Morgan fingerprint density at radius 3 is 2.44 bits per heavy atom. The highest BCUT2D eigenvalue weighted by Gasteiger charge is 2.09. The zero-order valence-corrected chi connectivity index (χ0v) is 11.1. The molecule has 0 saturated carbocycles. The Balaban J connectivity index is 0.00000289. The van der Waals surface area contributed by atoms with Crippen LogP contribution in [0.4, 0.5) is 0 Å². The van der Waals surface area contributed by atoms with Crippen LogP contribution in [0.15, 0.2) is 30.3 Å². The predicted octanol–water partition coefficient (Wildman–Crippen LogP) is 0.142. The summed E-state index contributed by atoms with van der Waals surface area (Å²) in [6.07, 6.45) is 0. The topological polar surface area (TPSA) is 75.4 Å². The van der Waals surface area contributed by atoms with Crippen molar-refractivity contribution >= 4 is 24.2 Å². The molecule has 3 N–H and O–H groups in total. The van der Waals surface area contributed by atoms with Crippen molar-refractivity contribution in [1.82, 2.24) is 10.2 Å². The largest absolute Gasteiger partial charge is 0.346 e. The van der Waals surface area contributed by atoms with E-state index in [1.165, 1.54) is 0 Å². The number of halogens is 1. The summed E-state index contributed by atoms with van der Waals surface area (Å²) in [5.74, 6) is -0.470. The zero-order valence-electron chi connectivity index (χ0n) is 10.3. The molecule has 5 nitrogen and oxygen atoms in total. The second kappa shape index (κ2) is 8.49. The van der Waals surface area contributed by atoms with Crippen LogP contribution in [0.3, 0.4) is 0 Å².